The number of carbonyl (C=O) groups excluding carboxylic acids is 1. The first-order valence-corrected chi connectivity index (χ1v) is 6.09. The predicted octanol–water partition coefficient (Wildman–Crippen LogP) is 1.16. The summed E-state index contributed by atoms with van der Waals surface area (Å²) in [5, 5.41) is 2.47. The average Bonchev–Trinajstić information content (AvgIpc) is 2.18. The summed E-state index contributed by atoms with van der Waals surface area (Å²) in [5.74, 6) is -0.896. The van der Waals surface area contributed by atoms with Gasteiger partial charge in [-0.2, -0.15) is 0 Å². The summed E-state index contributed by atoms with van der Waals surface area (Å²) in [4.78, 5) is 20.1. The van der Waals surface area contributed by atoms with Crippen LogP contribution >= 0.6 is 8.03 Å². The summed E-state index contributed by atoms with van der Waals surface area (Å²) in [6.45, 7) is 1.52. The zero-order chi connectivity index (χ0) is 11.3. The minimum atomic E-state index is -2.68. The molecule has 2 unspecified atom stereocenters. The van der Waals surface area contributed by atoms with Crippen LogP contribution in [0.4, 0.5) is 0 Å². The van der Waals surface area contributed by atoms with Crippen molar-refractivity contribution >= 4 is 13.9 Å². The molecule has 1 aromatic rings. The number of rotatable bonds is 4. The Morgan fingerprint density at radius 1 is 1.47 bits per heavy atom. The van der Waals surface area contributed by atoms with Crippen molar-refractivity contribution < 1.29 is 14.3 Å². The van der Waals surface area contributed by atoms with Crippen molar-refractivity contribution in [3.8, 4) is 0 Å². The molecule has 0 aliphatic rings. The molecule has 2 N–H and O–H groups in total. The highest BCUT2D eigenvalue weighted by atomic mass is 31.1. The highest BCUT2D eigenvalue weighted by Crippen LogP contribution is 2.18. The largest absolute Gasteiger partial charge is 0.345 e. The van der Waals surface area contributed by atoms with Gasteiger partial charge in [0.05, 0.1) is 6.42 Å². The van der Waals surface area contributed by atoms with Crippen LogP contribution in [0, 0.1) is 0 Å². The van der Waals surface area contributed by atoms with Crippen molar-refractivity contribution in [3.05, 3.63) is 35.9 Å². The summed E-state index contributed by atoms with van der Waals surface area (Å²) in [7, 11) is -2.68. The van der Waals surface area contributed by atoms with Gasteiger partial charge in [0, 0.05) is 0 Å². The van der Waals surface area contributed by atoms with Crippen molar-refractivity contribution in [3.63, 3.8) is 0 Å². The van der Waals surface area contributed by atoms with Crippen molar-refractivity contribution in [1.82, 2.24) is 5.32 Å². The van der Waals surface area contributed by atoms with Gasteiger partial charge in [0.2, 0.25) is 13.9 Å². The number of carbonyl (C=O) groups is 1. The first kappa shape index (κ1) is 12.0. The molecule has 4 nitrogen and oxygen atoms in total. The van der Waals surface area contributed by atoms with Gasteiger partial charge in [-0.15, -0.1) is 0 Å². The van der Waals surface area contributed by atoms with Gasteiger partial charge in [-0.25, -0.2) is 0 Å². The average molecular weight is 227 g/mol. The Labute approximate surface area is 89.2 Å². The van der Waals surface area contributed by atoms with Crippen molar-refractivity contribution in [1.29, 1.82) is 0 Å². The molecular weight excluding hydrogens is 213 g/mol. The van der Waals surface area contributed by atoms with E-state index in [-0.39, 0.29) is 12.3 Å². The maximum Gasteiger partial charge on any atom is 0.225 e. The van der Waals surface area contributed by atoms with Crippen LogP contribution in [-0.2, 0) is 15.8 Å². The molecule has 15 heavy (non-hydrogen) atoms. The van der Waals surface area contributed by atoms with Crippen LogP contribution in [0.5, 0.6) is 0 Å². The Bertz CT molecular complexity index is 353. The minimum Gasteiger partial charge on any atom is -0.345 e. The quantitative estimate of drug-likeness (QED) is 0.758. The Morgan fingerprint density at radius 2 is 2.07 bits per heavy atom. The second-order valence-electron chi connectivity index (χ2n) is 3.29. The summed E-state index contributed by atoms with van der Waals surface area (Å²) in [5.41, 5.74) is 0.889. The van der Waals surface area contributed by atoms with Crippen LogP contribution in [0.15, 0.2) is 30.3 Å². The minimum absolute atomic E-state index is 0.235. The standard InChI is InChI=1S/C10H14NO3P/c1-8(15(13)14)11-10(12)7-9-5-3-2-4-6-9/h2-6,8,15H,7H2,1H3,(H,11,12)(H,13,14). The maximum absolute atomic E-state index is 11.4. The molecule has 0 saturated heterocycles. The zero-order valence-electron chi connectivity index (χ0n) is 8.43. The van der Waals surface area contributed by atoms with Gasteiger partial charge in [0.15, 0.2) is 0 Å². The Balaban J connectivity index is 2.47. The third-order valence-electron chi connectivity index (χ3n) is 1.96. The lowest BCUT2D eigenvalue weighted by Gasteiger charge is -2.10. The fraction of sp³-hybridized carbons (Fsp3) is 0.300. The molecule has 0 fully saturated rings. The summed E-state index contributed by atoms with van der Waals surface area (Å²) in [6, 6.07) is 9.25. The molecule has 0 spiro atoms. The number of amides is 1. The third kappa shape index (κ3) is 4.28. The maximum atomic E-state index is 11.4. The van der Waals surface area contributed by atoms with Crippen molar-refractivity contribution in [2.45, 2.75) is 19.1 Å². The lowest BCUT2D eigenvalue weighted by molar-refractivity contribution is -0.120. The normalized spacial score (nSPS) is 14.3. The van der Waals surface area contributed by atoms with Crippen LogP contribution in [0.1, 0.15) is 12.5 Å². The number of hydrogen-bond acceptors (Lipinski definition) is 2. The molecule has 1 rings (SSSR count). The molecule has 0 aliphatic heterocycles. The van der Waals surface area contributed by atoms with Gasteiger partial charge < -0.3 is 10.2 Å². The van der Waals surface area contributed by atoms with E-state index in [1.54, 1.807) is 0 Å². The highest BCUT2D eigenvalue weighted by Gasteiger charge is 2.11. The first-order valence-electron chi connectivity index (χ1n) is 4.65. The van der Waals surface area contributed by atoms with Gasteiger partial charge in [0.25, 0.3) is 0 Å². The topological polar surface area (TPSA) is 66.4 Å². The Hall–Kier alpha value is -1.12. The molecule has 0 heterocycles. The SMILES string of the molecule is CC(NC(=O)Cc1ccccc1)[PH](=O)O. The smallest absolute Gasteiger partial charge is 0.225 e. The van der Waals surface area contributed by atoms with Gasteiger partial charge in [0.1, 0.15) is 5.78 Å². The number of hydrogen-bond donors (Lipinski definition) is 2. The molecular formula is C10H14NO3P. The summed E-state index contributed by atoms with van der Waals surface area (Å²) < 4.78 is 10.7. The molecule has 82 valence electrons. The van der Waals surface area contributed by atoms with Gasteiger partial charge in [-0.3, -0.25) is 9.36 Å². The van der Waals surface area contributed by atoms with E-state index in [0.29, 0.717) is 0 Å². The monoisotopic (exact) mass is 227 g/mol. The summed E-state index contributed by atoms with van der Waals surface area (Å²) >= 11 is 0. The molecule has 0 aliphatic carbocycles. The fourth-order valence-electron chi connectivity index (χ4n) is 1.14. The van der Waals surface area contributed by atoms with Gasteiger partial charge in [-0.05, 0) is 12.5 Å². The molecule has 5 heteroatoms. The number of benzene rings is 1. The van der Waals surface area contributed by atoms with E-state index in [4.69, 9.17) is 4.89 Å². The summed E-state index contributed by atoms with van der Waals surface area (Å²) in [6.07, 6.45) is 0.236. The second kappa shape index (κ2) is 5.69. The van der Waals surface area contributed by atoms with Crippen LogP contribution in [-0.4, -0.2) is 16.6 Å². The zero-order valence-corrected chi connectivity index (χ0v) is 9.43. The van der Waals surface area contributed by atoms with Crippen LogP contribution in [0.25, 0.3) is 0 Å². The number of nitrogens with one attached hydrogen (secondary N) is 1. The van der Waals surface area contributed by atoms with Crippen LogP contribution in [0.3, 0.4) is 0 Å². The second-order valence-corrected chi connectivity index (χ2v) is 4.83. The van der Waals surface area contributed by atoms with E-state index in [0.717, 1.165) is 5.56 Å². The molecule has 1 aromatic carbocycles. The Morgan fingerprint density at radius 3 is 2.60 bits per heavy atom. The van der Waals surface area contributed by atoms with E-state index in [9.17, 15) is 9.36 Å². The van der Waals surface area contributed by atoms with Crippen molar-refractivity contribution in [2.75, 3.05) is 0 Å². The molecule has 0 radical (unpaired) electrons. The first-order chi connectivity index (χ1) is 7.09. The molecule has 1 amide bonds. The molecule has 0 saturated carbocycles. The third-order valence-corrected chi connectivity index (χ3v) is 2.84. The van der Waals surface area contributed by atoms with Crippen molar-refractivity contribution in [2.24, 2.45) is 0 Å². The van der Waals surface area contributed by atoms with E-state index >= 15 is 0 Å². The van der Waals surface area contributed by atoms with Gasteiger partial charge in [-0.1, -0.05) is 30.3 Å². The van der Waals surface area contributed by atoms with E-state index in [1.807, 2.05) is 30.3 Å². The Kier molecular flexibility index (Phi) is 4.53. The lowest BCUT2D eigenvalue weighted by atomic mass is 10.1. The molecule has 2 atom stereocenters. The fourth-order valence-corrected chi connectivity index (χ4v) is 1.42. The lowest BCUT2D eigenvalue weighted by Crippen LogP contribution is -2.31. The van der Waals surface area contributed by atoms with E-state index < -0.39 is 13.8 Å². The molecule has 0 bridgehead atoms. The predicted molar refractivity (Wildman–Crippen MR) is 59.0 cm³/mol. The van der Waals surface area contributed by atoms with Gasteiger partial charge >= 0.3 is 0 Å². The highest BCUT2D eigenvalue weighted by molar-refractivity contribution is 7.38. The molecule has 0 aromatic heterocycles. The van der Waals surface area contributed by atoms with Crippen LogP contribution in [0.2, 0.25) is 0 Å². The van der Waals surface area contributed by atoms with Crippen LogP contribution < -0.4 is 5.32 Å². The van der Waals surface area contributed by atoms with E-state index in [2.05, 4.69) is 5.32 Å². The van der Waals surface area contributed by atoms with E-state index in [1.165, 1.54) is 6.92 Å².